The molecule has 3 rings (SSSR count). The zero-order chi connectivity index (χ0) is 12.5. The summed E-state index contributed by atoms with van der Waals surface area (Å²) in [5.41, 5.74) is 12.7. The van der Waals surface area contributed by atoms with Gasteiger partial charge in [-0.25, -0.2) is 4.98 Å². The number of nitrogens with one attached hydrogen (secondary N) is 1. The third-order valence-corrected chi connectivity index (χ3v) is 3.75. The molecular weight excluding hydrogens is 242 g/mol. The van der Waals surface area contributed by atoms with Crippen molar-refractivity contribution in [2.45, 2.75) is 6.92 Å². The van der Waals surface area contributed by atoms with Crippen LogP contribution >= 0.6 is 11.3 Å². The van der Waals surface area contributed by atoms with Crippen molar-refractivity contribution in [1.82, 2.24) is 4.98 Å². The first-order valence-electron chi connectivity index (χ1n) is 5.70. The second-order valence-electron chi connectivity index (χ2n) is 4.17. The lowest BCUT2D eigenvalue weighted by Crippen LogP contribution is -1.98. The maximum absolute atomic E-state index is 6.14. The van der Waals surface area contributed by atoms with Crippen molar-refractivity contribution in [2.75, 3.05) is 11.1 Å². The second kappa shape index (κ2) is 4.31. The Morgan fingerprint density at radius 3 is 2.78 bits per heavy atom. The number of anilines is 3. The fraction of sp³-hybridized carbons (Fsp3) is 0.0714. The van der Waals surface area contributed by atoms with Crippen LogP contribution < -0.4 is 11.1 Å². The highest BCUT2D eigenvalue weighted by Gasteiger charge is 2.07. The highest BCUT2D eigenvalue weighted by atomic mass is 32.1. The maximum Gasteiger partial charge on any atom is 0.106 e. The molecule has 0 saturated heterocycles. The Morgan fingerprint density at radius 1 is 1.11 bits per heavy atom. The van der Waals surface area contributed by atoms with Crippen molar-refractivity contribution in [1.29, 1.82) is 0 Å². The lowest BCUT2D eigenvalue weighted by Gasteiger charge is -2.11. The standard InChI is InChI=1S/C14H13N3S/c1-9-4-2-3-5-10(9)17-11-6-7-12-14(13(11)15)16-8-18-12/h2-8,17H,15H2,1H3. The van der Waals surface area contributed by atoms with E-state index in [9.17, 15) is 0 Å². The third-order valence-electron chi connectivity index (χ3n) is 2.96. The van der Waals surface area contributed by atoms with Crippen LogP contribution in [-0.2, 0) is 0 Å². The highest BCUT2D eigenvalue weighted by Crippen LogP contribution is 2.32. The number of hydrogen-bond acceptors (Lipinski definition) is 4. The number of aryl methyl sites for hydroxylation is 1. The van der Waals surface area contributed by atoms with Gasteiger partial charge in [0.1, 0.15) is 5.52 Å². The van der Waals surface area contributed by atoms with Crippen LogP contribution in [0, 0.1) is 6.92 Å². The number of para-hydroxylation sites is 1. The summed E-state index contributed by atoms with van der Waals surface area (Å²) >= 11 is 1.60. The van der Waals surface area contributed by atoms with E-state index < -0.39 is 0 Å². The van der Waals surface area contributed by atoms with E-state index in [0.29, 0.717) is 5.69 Å². The number of rotatable bonds is 2. The molecule has 0 bridgehead atoms. The molecule has 0 saturated carbocycles. The monoisotopic (exact) mass is 255 g/mol. The summed E-state index contributed by atoms with van der Waals surface area (Å²) in [5, 5.41) is 3.36. The Balaban J connectivity index is 2.05. The summed E-state index contributed by atoms with van der Waals surface area (Å²) in [4.78, 5) is 4.30. The predicted octanol–water partition coefficient (Wildman–Crippen LogP) is 3.93. The third kappa shape index (κ3) is 1.80. The number of fused-ring (bicyclic) bond motifs is 1. The van der Waals surface area contributed by atoms with Gasteiger partial charge in [0.25, 0.3) is 0 Å². The molecule has 0 fully saturated rings. The van der Waals surface area contributed by atoms with E-state index in [1.54, 1.807) is 11.3 Å². The first-order valence-corrected chi connectivity index (χ1v) is 6.58. The molecule has 0 aliphatic carbocycles. The van der Waals surface area contributed by atoms with Gasteiger partial charge in [0, 0.05) is 5.69 Å². The van der Waals surface area contributed by atoms with Gasteiger partial charge in [0.15, 0.2) is 0 Å². The number of aromatic nitrogens is 1. The van der Waals surface area contributed by atoms with Gasteiger partial charge in [-0.15, -0.1) is 11.3 Å². The molecule has 3 nitrogen and oxygen atoms in total. The quantitative estimate of drug-likeness (QED) is 0.682. The molecule has 0 spiro atoms. The molecule has 1 aromatic heterocycles. The van der Waals surface area contributed by atoms with Gasteiger partial charge in [0.05, 0.1) is 21.6 Å². The molecule has 1 heterocycles. The van der Waals surface area contributed by atoms with Crippen molar-refractivity contribution < 1.29 is 0 Å². The van der Waals surface area contributed by atoms with Gasteiger partial charge in [-0.3, -0.25) is 0 Å². The molecule has 0 aliphatic heterocycles. The van der Waals surface area contributed by atoms with E-state index >= 15 is 0 Å². The fourth-order valence-electron chi connectivity index (χ4n) is 1.92. The molecule has 0 amide bonds. The lowest BCUT2D eigenvalue weighted by atomic mass is 10.2. The van der Waals surface area contributed by atoms with Crippen LogP contribution in [0.4, 0.5) is 17.1 Å². The number of hydrogen-bond donors (Lipinski definition) is 2. The van der Waals surface area contributed by atoms with Crippen LogP contribution in [-0.4, -0.2) is 4.98 Å². The van der Waals surface area contributed by atoms with Crippen LogP contribution in [0.5, 0.6) is 0 Å². The summed E-state index contributed by atoms with van der Waals surface area (Å²) < 4.78 is 1.11. The minimum atomic E-state index is 0.706. The normalized spacial score (nSPS) is 10.7. The van der Waals surface area contributed by atoms with Crippen molar-refractivity contribution in [2.24, 2.45) is 0 Å². The summed E-state index contributed by atoms with van der Waals surface area (Å²) in [6.45, 7) is 2.07. The number of nitrogens with zero attached hydrogens (tertiary/aromatic N) is 1. The molecule has 0 radical (unpaired) electrons. The molecule has 0 aliphatic rings. The zero-order valence-corrected chi connectivity index (χ0v) is 10.8. The summed E-state index contributed by atoms with van der Waals surface area (Å²) in [5.74, 6) is 0. The molecule has 4 heteroatoms. The van der Waals surface area contributed by atoms with Crippen LogP contribution in [0.3, 0.4) is 0 Å². The Kier molecular flexibility index (Phi) is 2.64. The Bertz CT molecular complexity index is 703. The number of benzene rings is 2. The molecule has 18 heavy (non-hydrogen) atoms. The van der Waals surface area contributed by atoms with Crippen LogP contribution in [0.25, 0.3) is 10.2 Å². The maximum atomic E-state index is 6.14. The smallest absolute Gasteiger partial charge is 0.106 e. The fourth-order valence-corrected chi connectivity index (χ4v) is 2.61. The van der Waals surface area contributed by atoms with Crippen LogP contribution in [0.2, 0.25) is 0 Å². The summed E-state index contributed by atoms with van der Waals surface area (Å²) in [7, 11) is 0. The topological polar surface area (TPSA) is 50.9 Å². The summed E-state index contributed by atoms with van der Waals surface area (Å²) in [6, 6.07) is 12.2. The van der Waals surface area contributed by atoms with E-state index in [4.69, 9.17) is 5.73 Å². The number of nitrogens with two attached hydrogens (primary N) is 1. The SMILES string of the molecule is Cc1ccccc1Nc1ccc2scnc2c1N. The molecule has 3 aromatic rings. The number of nitrogen functional groups attached to an aromatic ring is 1. The molecule has 2 aromatic carbocycles. The average Bonchev–Trinajstić information content (AvgIpc) is 2.84. The molecule has 90 valence electrons. The summed E-state index contributed by atoms with van der Waals surface area (Å²) in [6.07, 6.45) is 0. The van der Waals surface area contributed by atoms with E-state index in [1.165, 1.54) is 5.56 Å². The Morgan fingerprint density at radius 2 is 1.94 bits per heavy atom. The minimum absolute atomic E-state index is 0.706. The van der Waals surface area contributed by atoms with Crippen molar-refractivity contribution in [3.05, 3.63) is 47.5 Å². The average molecular weight is 255 g/mol. The number of thiazole rings is 1. The van der Waals surface area contributed by atoms with Crippen molar-refractivity contribution >= 4 is 38.6 Å². The first-order chi connectivity index (χ1) is 8.75. The van der Waals surface area contributed by atoms with E-state index in [1.807, 2.05) is 35.8 Å². The Labute approximate surface area is 109 Å². The van der Waals surface area contributed by atoms with Gasteiger partial charge in [0.2, 0.25) is 0 Å². The van der Waals surface area contributed by atoms with E-state index in [0.717, 1.165) is 21.6 Å². The molecular formula is C14H13N3S. The van der Waals surface area contributed by atoms with Crippen LogP contribution in [0.1, 0.15) is 5.56 Å². The van der Waals surface area contributed by atoms with Gasteiger partial charge >= 0.3 is 0 Å². The zero-order valence-electron chi connectivity index (χ0n) is 9.97. The van der Waals surface area contributed by atoms with Gasteiger partial charge in [-0.1, -0.05) is 18.2 Å². The minimum Gasteiger partial charge on any atom is -0.395 e. The van der Waals surface area contributed by atoms with Gasteiger partial charge in [-0.2, -0.15) is 0 Å². The van der Waals surface area contributed by atoms with Gasteiger partial charge in [-0.05, 0) is 30.7 Å². The lowest BCUT2D eigenvalue weighted by molar-refractivity contribution is 1.43. The van der Waals surface area contributed by atoms with Crippen LogP contribution in [0.15, 0.2) is 41.9 Å². The highest BCUT2D eigenvalue weighted by molar-refractivity contribution is 7.16. The molecule has 0 atom stereocenters. The molecule has 3 N–H and O–H groups in total. The largest absolute Gasteiger partial charge is 0.395 e. The van der Waals surface area contributed by atoms with E-state index in [-0.39, 0.29) is 0 Å². The van der Waals surface area contributed by atoms with Gasteiger partial charge < -0.3 is 11.1 Å². The van der Waals surface area contributed by atoms with E-state index in [2.05, 4.69) is 23.3 Å². The van der Waals surface area contributed by atoms with Crippen molar-refractivity contribution in [3.63, 3.8) is 0 Å². The Hall–Kier alpha value is -2.07. The van der Waals surface area contributed by atoms with Crippen molar-refractivity contribution in [3.8, 4) is 0 Å². The first kappa shape index (κ1) is 11.0. The molecule has 0 unspecified atom stereocenters. The predicted molar refractivity (Wildman–Crippen MR) is 78.5 cm³/mol. The second-order valence-corrected chi connectivity index (χ2v) is 5.05.